The third-order valence-electron chi connectivity index (χ3n) is 1.57. The van der Waals surface area contributed by atoms with Gasteiger partial charge in [-0.3, -0.25) is 4.79 Å². The van der Waals surface area contributed by atoms with Crippen LogP contribution in [0.2, 0.25) is 0 Å². The molecule has 0 atom stereocenters. The topological polar surface area (TPSA) is 67.8 Å². The molecular weight excluding hydrogens is 280 g/mol. The van der Waals surface area contributed by atoms with Crippen LogP contribution in [0.4, 0.5) is 5.69 Å². The number of hydrogen-bond donors (Lipinski definition) is 1. The summed E-state index contributed by atoms with van der Waals surface area (Å²) in [5.74, 6) is -0.228. The van der Waals surface area contributed by atoms with Crippen molar-refractivity contribution in [2.75, 3.05) is 5.32 Å². The average Bonchev–Trinajstić information content (AvgIpc) is 2.74. The number of halogens is 1. The summed E-state index contributed by atoms with van der Waals surface area (Å²) >= 11 is 4.26. The van der Waals surface area contributed by atoms with Crippen LogP contribution in [0.1, 0.15) is 9.67 Å². The lowest BCUT2D eigenvalue weighted by Crippen LogP contribution is -2.10. The fourth-order valence-corrected chi connectivity index (χ4v) is 1.55. The number of hydrogen-bond acceptors (Lipinski definition) is 5. The second kappa shape index (κ2) is 4.45. The van der Waals surface area contributed by atoms with Gasteiger partial charge in [-0.05, 0) is 39.6 Å². The van der Waals surface area contributed by atoms with Crippen molar-refractivity contribution in [1.29, 1.82) is 0 Å². The third kappa shape index (κ3) is 2.57. The Morgan fingerprint density at radius 3 is 2.87 bits per heavy atom. The molecule has 0 aliphatic carbocycles. The molecule has 0 saturated heterocycles. The highest BCUT2D eigenvalue weighted by Crippen LogP contribution is 2.12. The molecular formula is C8H5BrN4OS. The van der Waals surface area contributed by atoms with Crippen LogP contribution in [-0.2, 0) is 0 Å². The molecule has 0 radical (unpaired) electrons. The van der Waals surface area contributed by atoms with E-state index in [4.69, 9.17) is 0 Å². The van der Waals surface area contributed by atoms with Gasteiger partial charge in [0.15, 0.2) is 0 Å². The molecule has 15 heavy (non-hydrogen) atoms. The number of anilines is 1. The Labute approximate surface area is 97.8 Å². The van der Waals surface area contributed by atoms with E-state index in [9.17, 15) is 4.79 Å². The summed E-state index contributed by atoms with van der Waals surface area (Å²) in [6, 6.07) is 3.50. The molecule has 0 saturated carbocycles. The van der Waals surface area contributed by atoms with Crippen LogP contribution in [0.25, 0.3) is 0 Å². The molecule has 2 rings (SSSR count). The quantitative estimate of drug-likeness (QED) is 0.856. The summed E-state index contributed by atoms with van der Waals surface area (Å²) in [6.45, 7) is 0. The molecule has 2 aromatic heterocycles. The van der Waals surface area contributed by atoms with E-state index in [0.717, 1.165) is 16.1 Å². The van der Waals surface area contributed by atoms with Crippen LogP contribution in [0, 0.1) is 0 Å². The van der Waals surface area contributed by atoms with Crippen molar-refractivity contribution in [2.24, 2.45) is 0 Å². The van der Waals surface area contributed by atoms with E-state index in [1.54, 1.807) is 18.3 Å². The summed E-state index contributed by atoms with van der Waals surface area (Å²) in [4.78, 5) is 16.0. The smallest absolute Gasteiger partial charge is 0.269 e. The molecule has 1 N–H and O–H groups in total. The van der Waals surface area contributed by atoms with E-state index >= 15 is 0 Å². The van der Waals surface area contributed by atoms with Crippen molar-refractivity contribution in [3.05, 3.63) is 34.0 Å². The summed E-state index contributed by atoms with van der Waals surface area (Å²) in [5.41, 5.74) is 0.636. The van der Waals surface area contributed by atoms with Crippen LogP contribution < -0.4 is 5.32 Å². The standard InChI is InChI=1S/C8H5BrN4OS/c9-7-2-1-5(3-10-7)12-8(14)6-4-11-13-15-6/h1-4H,(H,12,14). The lowest BCUT2D eigenvalue weighted by Gasteiger charge is -2.01. The predicted octanol–water partition coefficient (Wildman–Crippen LogP) is 1.95. The van der Waals surface area contributed by atoms with Gasteiger partial charge in [0.25, 0.3) is 5.91 Å². The van der Waals surface area contributed by atoms with Gasteiger partial charge in [0.2, 0.25) is 0 Å². The second-order valence-electron chi connectivity index (χ2n) is 2.61. The molecule has 7 heteroatoms. The summed E-state index contributed by atoms with van der Waals surface area (Å²) < 4.78 is 4.33. The molecule has 0 aliphatic heterocycles. The molecule has 0 bridgehead atoms. The average molecular weight is 285 g/mol. The summed E-state index contributed by atoms with van der Waals surface area (Å²) in [5, 5.41) is 6.26. The molecule has 5 nitrogen and oxygen atoms in total. The van der Waals surface area contributed by atoms with Crippen molar-refractivity contribution in [3.8, 4) is 0 Å². The lowest BCUT2D eigenvalue weighted by molar-refractivity contribution is 0.103. The first-order valence-corrected chi connectivity index (χ1v) is 5.52. The van der Waals surface area contributed by atoms with Gasteiger partial charge in [-0.25, -0.2) is 4.98 Å². The lowest BCUT2D eigenvalue weighted by atomic mass is 10.4. The van der Waals surface area contributed by atoms with Gasteiger partial charge in [0, 0.05) is 0 Å². The van der Waals surface area contributed by atoms with Crippen LogP contribution in [0.3, 0.4) is 0 Å². The van der Waals surface area contributed by atoms with Crippen molar-refractivity contribution in [1.82, 2.24) is 14.6 Å². The Morgan fingerprint density at radius 1 is 1.40 bits per heavy atom. The maximum absolute atomic E-state index is 11.5. The zero-order valence-corrected chi connectivity index (χ0v) is 9.75. The molecule has 76 valence electrons. The van der Waals surface area contributed by atoms with Crippen LogP contribution in [0.5, 0.6) is 0 Å². The van der Waals surface area contributed by atoms with Crippen molar-refractivity contribution >= 4 is 39.1 Å². The summed E-state index contributed by atoms with van der Waals surface area (Å²) in [6.07, 6.45) is 2.99. The Kier molecular flexibility index (Phi) is 3.02. The zero-order valence-electron chi connectivity index (χ0n) is 7.35. The maximum Gasteiger partial charge on any atom is 0.269 e. The first-order valence-electron chi connectivity index (χ1n) is 3.96. The SMILES string of the molecule is O=C(Nc1ccc(Br)nc1)c1cnns1. The van der Waals surface area contributed by atoms with Crippen molar-refractivity contribution in [2.45, 2.75) is 0 Å². The van der Waals surface area contributed by atoms with Gasteiger partial charge in [0.05, 0.1) is 18.1 Å². The van der Waals surface area contributed by atoms with Gasteiger partial charge in [-0.1, -0.05) is 4.49 Å². The minimum Gasteiger partial charge on any atom is -0.320 e. The Bertz CT molecular complexity index is 456. The number of pyridine rings is 1. The first-order chi connectivity index (χ1) is 7.25. The molecule has 0 unspecified atom stereocenters. The number of rotatable bonds is 2. The second-order valence-corrected chi connectivity index (χ2v) is 4.20. The normalized spacial score (nSPS) is 9.93. The van der Waals surface area contributed by atoms with Gasteiger partial charge in [-0.15, -0.1) is 5.10 Å². The van der Waals surface area contributed by atoms with E-state index in [1.807, 2.05) is 0 Å². The highest BCUT2D eigenvalue weighted by Gasteiger charge is 2.08. The van der Waals surface area contributed by atoms with Crippen molar-refractivity contribution < 1.29 is 4.79 Å². The van der Waals surface area contributed by atoms with Crippen LogP contribution in [0.15, 0.2) is 29.1 Å². The first kappa shape index (κ1) is 10.2. The number of nitrogens with one attached hydrogen (secondary N) is 1. The fraction of sp³-hybridized carbons (Fsp3) is 0. The van der Waals surface area contributed by atoms with Crippen LogP contribution >= 0.6 is 27.5 Å². The van der Waals surface area contributed by atoms with Crippen LogP contribution in [-0.4, -0.2) is 20.5 Å². The molecule has 2 aromatic rings. The Morgan fingerprint density at radius 2 is 2.27 bits per heavy atom. The molecule has 2 heterocycles. The van der Waals surface area contributed by atoms with Crippen molar-refractivity contribution in [3.63, 3.8) is 0 Å². The Balaban J connectivity index is 2.09. The van der Waals surface area contributed by atoms with Gasteiger partial charge in [-0.2, -0.15) is 0 Å². The van der Waals surface area contributed by atoms with Gasteiger partial charge in [0.1, 0.15) is 9.48 Å². The number of carbonyl (C=O) groups excluding carboxylic acids is 1. The van der Waals surface area contributed by atoms with Gasteiger partial charge < -0.3 is 5.32 Å². The molecule has 1 amide bonds. The zero-order chi connectivity index (χ0) is 10.7. The fourth-order valence-electron chi connectivity index (χ4n) is 0.910. The highest BCUT2D eigenvalue weighted by atomic mass is 79.9. The van der Waals surface area contributed by atoms with Gasteiger partial charge >= 0.3 is 0 Å². The van der Waals surface area contributed by atoms with E-state index < -0.39 is 0 Å². The predicted molar refractivity (Wildman–Crippen MR) is 59.8 cm³/mol. The van der Waals surface area contributed by atoms with E-state index in [1.165, 1.54) is 6.20 Å². The van der Waals surface area contributed by atoms with E-state index in [2.05, 4.69) is 35.8 Å². The molecule has 0 aliphatic rings. The largest absolute Gasteiger partial charge is 0.320 e. The molecule has 0 fully saturated rings. The molecule has 0 spiro atoms. The maximum atomic E-state index is 11.5. The number of carbonyl (C=O) groups is 1. The van der Waals surface area contributed by atoms with E-state index in [-0.39, 0.29) is 5.91 Å². The highest BCUT2D eigenvalue weighted by molar-refractivity contribution is 9.10. The number of amides is 1. The summed E-state index contributed by atoms with van der Waals surface area (Å²) in [7, 11) is 0. The monoisotopic (exact) mass is 284 g/mol. The minimum atomic E-state index is -0.228. The number of nitrogens with zero attached hydrogens (tertiary/aromatic N) is 3. The molecule has 0 aromatic carbocycles. The minimum absolute atomic E-state index is 0.228. The van der Waals surface area contributed by atoms with E-state index in [0.29, 0.717) is 10.6 Å². The Hall–Kier alpha value is -1.34. The number of aromatic nitrogens is 3. The third-order valence-corrected chi connectivity index (χ3v) is 2.70.